The molecule has 12 nitrogen and oxygen atoms in total. The third kappa shape index (κ3) is 9.15. The average Bonchev–Trinajstić information content (AvgIpc) is 2.79. The van der Waals surface area contributed by atoms with E-state index in [4.69, 9.17) is 10.5 Å². The van der Waals surface area contributed by atoms with Crippen molar-refractivity contribution in [1.29, 1.82) is 0 Å². The molecule has 0 saturated carbocycles. The Labute approximate surface area is 190 Å². The van der Waals surface area contributed by atoms with Crippen LogP contribution in [0.4, 0.5) is 4.79 Å². The molecule has 5 N–H and O–H groups in total. The van der Waals surface area contributed by atoms with Crippen LogP contribution in [0.5, 0.6) is 0 Å². The minimum atomic E-state index is -1.51. The van der Waals surface area contributed by atoms with Crippen LogP contribution in [0.15, 0.2) is 30.3 Å². The van der Waals surface area contributed by atoms with Gasteiger partial charge in [-0.3, -0.25) is 19.2 Å². The summed E-state index contributed by atoms with van der Waals surface area (Å²) >= 11 is 0. The van der Waals surface area contributed by atoms with Gasteiger partial charge >= 0.3 is 18.0 Å². The summed E-state index contributed by atoms with van der Waals surface area (Å²) in [6.07, 6.45) is -2.60. The van der Waals surface area contributed by atoms with Gasteiger partial charge in [0.2, 0.25) is 11.8 Å². The van der Waals surface area contributed by atoms with E-state index < -0.39 is 60.2 Å². The number of nitrogens with two attached hydrogens (primary N) is 1. The SMILES string of the molecule is COC(=O)C(C(=O)OC)[C@@H](C)[C@@H](NC(=O)C[C@@H](O)CNC(=O)OCc1ccccc1)C(N)=O. The van der Waals surface area contributed by atoms with E-state index in [1.165, 1.54) is 6.92 Å². The van der Waals surface area contributed by atoms with Crippen LogP contribution in [-0.4, -0.2) is 67.9 Å². The molecule has 182 valence electrons. The standard InChI is InChI=1S/C21H29N3O9/c1-12(16(19(28)31-2)20(29)32-3)17(18(22)27)24-15(26)9-14(25)10-23-21(30)33-11-13-7-5-4-6-8-13/h4-8,12,14,16-17,25H,9-11H2,1-3H3,(H2,22,27)(H,23,30)(H,24,26)/t12-,14-,17-/m1/s1. The van der Waals surface area contributed by atoms with Crippen molar-refractivity contribution >= 4 is 29.8 Å². The number of ether oxygens (including phenoxy) is 3. The molecule has 0 aliphatic carbocycles. The number of amides is 3. The molecule has 0 saturated heterocycles. The highest BCUT2D eigenvalue weighted by molar-refractivity contribution is 5.97. The first-order valence-electron chi connectivity index (χ1n) is 9.97. The molecular weight excluding hydrogens is 438 g/mol. The summed E-state index contributed by atoms with van der Waals surface area (Å²) in [7, 11) is 2.11. The normalized spacial score (nSPS) is 13.2. The fraction of sp³-hybridized carbons (Fsp3) is 0.476. The monoisotopic (exact) mass is 467 g/mol. The van der Waals surface area contributed by atoms with Crippen LogP contribution in [0.3, 0.4) is 0 Å². The fourth-order valence-electron chi connectivity index (χ4n) is 2.93. The van der Waals surface area contributed by atoms with Crippen LogP contribution in [0.2, 0.25) is 0 Å². The molecule has 1 rings (SSSR count). The lowest BCUT2D eigenvalue weighted by molar-refractivity contribution is -0.162. The van der Waals surface area contributed by atoms with Crippen LogP contribution in [-0.2, 0) is 40.0 Å². The maximum Gasteiger partial charge on any atom is 0.407 e. The van der Waals surface area contributed by atoms with Crippen LogP contribution in [0.25, 0.3) is 0 Å². The number of carbonyl (C=O) groups is 5. The van der Waals surface area contributed by atoms with Crippen LogP contribution in [0.1, 0.15) is 18.9 Å². The third-order valence-corrected chi connectivity index (χ3v) is 4.70. The van der Waals surface area contributed by atoms with Crippen LogP contribution >= 0.6 is 0 Å². The highest BCUT2D eigenvalue weighted by Gasteiger charge is 2.41. The molecular formula is C21H29N3O9. The molecule has 0 spiro atoms. The first kappa shape index (κ1) is 27.4. The molecule has 0 aliphatic rings. The first-order chi connectivity index (χ1) is 15.6. The molecule has 0 bridgehead atoms. The molecule has 1 aromatic rings. The molecule has 12 heteroatoms. The number of nitrogens with one attached hydrogen (secondary N) is 2. The van der Waals surface area contributed by atoms with Gasteiger partial charge in [0, 0.05) is 12.5 Å². The van der Waals surface area contributed by atoms with Crippen molar-refractivity contribution in [3.05, 3.63) is 35.9 Å². The van der Waals surface area contributed by atoms with Crippen molar-refractivity contribution in [2.75, 3.05) is 20.8 Å². The highest BCUT2D eigenvalue weighted by atomic mass is 16.6. The van der Waals surface area contributed by atoms with Gasteiger partial charge in [0.25, 0.3) is 0 Å². The number of methoxy groups -OCH3 is 2. The molecule has 3 amide bonds. The summed E-state index contributed by atoms with van der Waals surface area (Å²) in [5.41, 5.74) is 6.10. The number of hydrogen-bond acceptors (Lipinski definition) is 9. The van der Waals surface area contributed by atoms with E-state index in [1.807, 2.05) is 6.07 Å². The van der Waals surface area contributed by atoms with E-state index in [1.54, 1.807) is 24.3 Å². The van der Waals surface area contributed by atoms with Gasteiger partial charge in [-0.25, -0.2) is 4.79 Å². The Morgan fingerprint density at radius 3 is 2.12 bits per heavy atom. The minimum Gasteiger partial charge on any atom is -0.468 e. The van der Waals surface area contributed by atoms with E-state index in [9.17, 15) is 29.1 Å². The number of aliphatic hydroxyl groups is 1. The van der Waals surface area contributed by atoms with E-state index in [2.05, 4.69) is 20.1 Å². The van der Waals surface area contributed by atoms with Gasteiger partial charge in [0.1, 0.15) is 12.6 Å². The fourth-order valence-corrected chi connectivity index (χ4v) is 2.93. The maximum atomic E-state index is 12.3. The number of aliphatic hydroxyl groups excluding tert-OH is 1. The van der Waals surface area contributed by atoms with Crippen molar-refractivity contribution in [3.8, 4) is 0 Å². The van der Waals surface area contributed by atoms with Crippen molar-refractivity contribution in [3.63, 3.8) is 0 Å². The molecule has 33 heavy (non-hydrogen) atoms. The molecule has 0 aliphatic heterocycles. The van der Waals surface area contributed by atoms with Crippen molar-refractivity contribution in [1.82, 2.24) is 10.6 Å². The van der Waals surface area contributed by atoms with E-state index in [0.717, 1.165) is 19.8 Å². The minimum absolute atomic E-state index is 0.0307. The Hall–Kier alpha value is -3.67. The number of primary amides is 1. The van der Waals surface area contributed by atoms with E-state index >= 15 is 0 Å². The highest BCUT2D eigenvalue weighted by Crippen LogP contribution is 2.19. The number of carbonyl (C=O) groups excluding carboxylic acids is 5. The topological polar surface area (TPSA) is 183 Å². The average molecular weight is 467 g/mol. The Morgan fingerprint density at radius 1 is 1.03 bits per heavy atom. The predicted molar refractivity (Wildman–Crippen MR) is 113 cm³/mol. The second-order valence-corrected chi connectivity index (χ2v) is 7.13. The molecule has 0 unspecified atom stereocenters. The summed E-state index contributed by atoms with van der Waals surface area (Å²) in [6, 6.07) is 7.51. The maximum absolute atomic E-state index is 12.3. The smallest absolute Gasteiger partial charge is 0.407 e. The zero-order valence-corrected chi connectivity index (χ0v) is 18.6. The summed E-state index contributed by atoms with van der Waals surface area (Å²) in [4.78, 5) is 59.8. The van der Waals surface area contributed by atoms with Gasteiger partial charge in [0.05, 0.1) is 26.7 Å². The van der Waals surface area contributed by atoms with Crippen LogP contribution in [0, 0.1) is 11.8 Å². The Morgan fingerprint density at radius 2 is 1.61 bits per heavy atom. The second kappa shape index (κ2) is 13.7. The lowest BCUT2D eigenvalue weighted by Crippen LogP contribution is -2.53. The zero-order valence-electron chi connectivity index (χ0n) is 18.6. The molecule has 3 atom stereocenters. The number of hydrogen-bond donors (Lipinski definition) is 4. The number of esters is 2. The predicted octanol–water partition coefficient (Wildman–Crippen LogP) is -0.768. The van der Waals surface area contributed by atoms with Gasteiger partial charge in [0.15, 0.2) is 5.92 Å². The van der Waals surface area contributed by atoms with E-state index in [-0.39, 0.29) is 13.2 Å². The summed E-state index contributed by atoms with van der Waals surface area (Å²) < 4.78 is 14.1. The summed E-state index contributed by atoms with van der Waals surface area (Å²) in [5, 5.41) is 14.6. The molecule has 0 fully saturated rings. The largest absolute Gasteiger partial charge is 0.468 e. The van der Waals surface area contributed by atoms with Gasteiger partial charge in [-0.2, -0.15) is 0 Å². The zero-order chi connectivity index (χ0) is 25.0. The Kier molecular flexibility index (Phi) is 11.3. The molecule has 0 radical (unpaired) electrons. The van der Waals surface area contributed by atoms with Crippen molar-refractivity contribution in [2.45, 2.75) is 32.1 Å². The second-order valence-electron chi connectivity index (χ2n) is 7.13. The Balaban J connectivity index is 2.59. The van der Waals surface area contributed by atoms with Crippen molar-refractivity contribution in [2.24, 2.45) is 17.6 Å². The summed E-state index contributed by atoms with van der Waals surface area (Å²) in [6.45, 7) is 1.07. The summed E-state index contributed by atoms with van der Waals surface area (Å²) in [5.74, 6) is -6.35. The van der Waals surface area contributed by atoms with Gasteiger partial charge in [-0.1, -0.05) is 37.3 Å². The third-order valence-electron chi connectivity index (χ3n) is 4.70. The van der Waals surface area contributed by atoms with Crippen LogP contribution < -0.4 is 16.4 Å². The number of rotatable bonds is 12. The lowest BCUT2D eigenvalue weighted by Gasteiger charge is -2.27. The molecule has 1 aromatic carbocycles. The Bertz CT molecular complexity index is 816. The molecule has 0 aromatic heterocycles. The van der Waals surface area contributed by atoms with Gasteiger partial charge in [-0.15, -0.1) is 0 Å². The lowest BCUT2D eigenvalue weighted by atomic mass is 9.86. The van der Waals surface area contributed by atoms with Crippen molar-refractivity contribution < 1.29 is 43.3 Å². The number of benzene rings is 1. The van der Waals surface area contributed by atoms with Gasteiger partial charge < -0.3 is 35.7 Å². The van der Waals surface area contributed by atoms with Gasteiger partial charge in [-0.05, 0) is 5.56 Å². The molecule has 0 heterocycles. The quantitative estimate of drug-likeness (QED) is 0.174. The van der Waals surface area contributed by atoms with E-state index in [0.29, 0.717) is 0 Å². The first-order valence-corrected chi connectivity index (χ1v) is 9.97. The number of alkyl carbamates (subject to hydrolysis) is 1.